The summed E-state index contributed by atoms with van der Waals surface area (Å²) in [6, 6.07) is 10.6. The van der Waals surface area contributed by atoms with Gasteiger partial charge < -0.3 is 4.74 Å². The first-order valence-electron chi connectivity index (χ1n) is 7.98. The van der Waals surface area contributed by atoms with Crippen molar-refractivity contribution in [2.75, 3.05) is 0 Å². The van der Waals surface area contributed by atoms with Gasteiger partial charge in [0.1, 0.15) is 4.88 Å². The van der Waals surface area contributed by atoms with Gasteiger partial charge in [0, 0.05) is 20.7 Å². The van der Waals surface area contributed by atoms with Gasteiger partial charge in [0.25, 0.3) is 0 Å². The zero-order chi connectivity index (χ0) is 19.0. The first-order chi connectivity index (χ1) is 12.3. The number of carbonyl (C=O) groups is 2. The third-order valence-corrected chi connectivity index (χ3v) is 6.09. The van der Waals surface area contributed by atoms with Crippen LogP contribution in [0, 0.1) is 13.8 Å². The van der Waals surface area contributed by atoms with Crippen molar-refractivity contribution in [3.63, 3.8) is 0 Å². The fourth-order valence-corrected chi connectivity index (χ4v) is 4.23. The number of carbonyl (C=O) groups excluding carboxylic acids is 2. The van der Waals surface area contributed by atoms with E-state index in [2.05, 4.69) is 0 Å². The minimum Gasteiger partial charge on any atom is -0.450 e. The first kappa shape index (κ1) is 18.9. The molecule has 134 valence electrons. The van der Waals surface area contributed by atoms with Crippen LogP contribution in [0.3, 0.4) is 0 Å². The van der Waals surface area contributed by atoms with Crippen molar-refractivity contribution in [2.24, 2.45) is 0 Å². The highest BCUT2D eigenvalue weighted by Crippen LogP contribution is 2.37. The highest BCUT2D eigenvalue weighted by atomic mass is 35.5. The van der Waals surface area contributed by atoms with Crippen LogP contribution in [0.4, 0.5) is 0 Å². The quantitative estimate of drug-likeness (QED) is 0.379. The van der Waals surface area contributed by atoms with Gasteiger partial charge in [-0.15, -0.1) is 11.3 Å². The van der Waals surface area contributed by atoms with Crippen LogP contribution in [0.5, 0.6) is 0 Å². The van der Waals surface area contributed by atoms with Crippen molar-refractivity contribution in [1.82, 2.24) is 0 Å². The molecule has 26 heavy (non-hydrogen) atoms. The van der Waals surface area contributed by atoms with Gasteiger partial charge in [-0.3, -0.25) is 4.79 Å². The molecule has 0 bridgehead atoms. The normalized spacial score (nSPS) is 12.2. The molecule has 0 spiro atoms. The van der Waals surface area contributed by atoms with Crippen molar-refractivity contribution >= 4 is 56.4 Å². The predicted octanol–water partition coefficient (Wildman–Crippen LogP) is 6.25. The van der Waals surface area contributed by atoms with Gasteiger partial charge in [0.2, 0.25) is 5.78 Å². The second-order valence-electron chi connectivity index (χ2n) is 6.10. The SMILES string of the molecule is Cc1ccc(C(=O)[C@H](C)OC(=O)c2sc3cc(Cl)ccc3c2Cl)cc1C. The van der Waals surface area contributed by atoms with Crippen LogP contribution >= 0.6 is 34.5 Å². The third-order valence-electron chi connectivity index (χ3n) is 4.22. The third kappa shape index (κ3) is 3.63. The van der Waals surface area contributed by atoms with Crippen LogP contribution in [0.1, 0.15) is 38.1 Å². The molecule has 0 saturated heterocycles. The lowest BCUT2D eigenvalue weighted by atomic mass is 10.0. The molecule has 0 radical (unpaired) electrons. The van der Waals surface area contributed by atoms with Crippen LogP contribution < -0.4 is 0 Å². The molecule has 3 rings (SSSR count). The highest BCUT2D eigenvalue weighted by Gasteiger charge is 2.24. The molecule has 0 aliphatic rings. The molecule has 6 heteroatoms. The van der Waals surface area contributed by atoms with Crippen LogP contribution in [-0.4, -0.2) is 17.9 Å². The summed E-state index contributed by atoms with van der Waals surface area (Å²) < 4.78 is 6.16. The number of Topliss-reactive ketones (excluding diaryl/α,β-unsaturated/α-hetero) is 1. The van der Waals surface area contributed by atoms with Gasteiger partial charge in [-0.25, -0.2) is 4.79 Å². The van der Waals surface area contributed by atoms with E-state index in [1.54, 1.807) is 37.3 Å². The van der Waals surface area contributed by atoms with E-state index in [0.717, 1.165) is 21.2 Å². The molecule has 2 aromatic carbocycles. The molecule has 0 unspecified atom stereocenters. The highest BCUT2D eigenvalue weighted by molar-refractivity contribution is 7.21. The van der Waals surface area contributed by atoms with Gasteiger partial charge >= 0.3 is 5.97 Å². The smallest absolute Gasteiger partial charge is 0.350 e. The lowest BCUT2D eigenvalue weighted by molar-refractivity contribution is 0.0324. The zero-order valence-corrected chi connectivity index (χ0v) is 16.8. The number of ketones is 1. The zero-order valence-electron chi connectivity index (χ0n) is 14.4. The Morgan fingerprint density at radius 1 is 1.04 bits per heavy atom. The average Bonchev–Trinajstić information content (AvgIpc) is 2.92. The number of halogens is 2. The van der Waals surface area contributed by atoms with Crippen molar-refractivity contribution in [3.05, 3.63) is 68.0 Å². The number of hydrogen-bond acceptors (Lipinski definition) is 4. The number of hydrogen-bond donors (Lipinski definition) is 0. The largest absolute Gasteiger partial charge is 0.450 e. The Morgan fingerprint density at radius 3 is 2.46 bits per heavy atom. The molecule has 3 nitrogen and oxygen atoms in total. The number of fused-ring (bicyclic) bond motifs is 1. The van der Waals surface area contributed by atoms with E-state index in [-0.39, 0.29) is 10.7 Å². The van der Waals surface area contributed by atoms with Crippen molar-refractivity contribution < 1.29 is 14.3 Å². The standard InChI is InChI=1S/C20H16Cl2O3S/c1-10-4-5-13(8-11(10)2)18(23)12(3)25-20(24)19-17(22)15-7-6-14(21)9-16(15)26-19/h4-9,12H,1-3H3/t12-/m0/s1. The van der Waals surface area contributed by atoms with E-state index >= 15 is 0 Å². The lowest BCUT2D eigenvalue weighted by Gasteiger charge is -2.12. The Hall–Kier alpha value is -1.88. The second-order valence-corrected chi connectivity index (χ2v) is 7.96. The number of aryl methyl sites for hydroxylation is 2. The maximum absolute atomic E-state index is 12.6. The van der Waals surface area contributed by atoms with Crippen molar-refractivity contribution in [2.45, 2.75) is 26.9 Å². The molecule has 0 aliphatic heterocycles. The van der Waals surface area contributed by atoms with Gasteiger partial charge in [0.15, 0.2) is 6.10 Å². The van der Waals surface area contributed by atoms with Gasteiger partial charge in [-0.1, -0.05) is 41.4 Å². The average molecular weight is 407 g/mol. The van der Waals surface area contributed by atoms with E-state index in [9.17, 15) is 9.59 Å². The summed E-state index contributed by atoms with van der Waals surface area (Å²) in [5, 5.41) is 1.62. The summed E-state index contributed by atoms with van der Waals surface area (Å²) in [6.45, 7) is 5.47. The number of benzene rings is 2. The van der Waals surface area contributed by atoms with Gasteiger partial charge in [-0.05, 0) is 50.1 Å². The van der Waals surface area contributed by atoms with Gasteiger partial charge in [0.05, 0.1) is 5.02 Å². The van der Waals surface area contributed by atoms with Crippen LogP contribution in [0.25, 0.3) is 10.1 Å². The fourth-order valence-electron chi connectivity index (χ4n) is 2.57. The van der Waals surface area contributed by atoms with E-state index in [4.69, 9.17) is 27.9 Å². The molecule has 0 aliphatic carbocycles. The van der Waals surface area contributed by atoms with Crippen LogP contribution in [0.2, 0.25) is 10.0 Å². The number of rotatable bonds is 4. The van der Waals surface area contributed by atoms with E-state index in [0.29, 0.717) is 15.6 Å². The Bertz CT molecular complexity index is 1020. The van der Waals surface area contributed by atoms with E-state index in [1.807, 2.05) is 19.9 Å². The second kappa shape index (κ2) is 7.39. The molecule has 0 N–H and O–H groups in total. The number of esters is 1. The summed E-state index contributed by atoms with van der Waals surface area (Å²) in [5.74, 6) is -0.862. The Kier molecular flexibility index (Phi) is 5.37. The molecule has 0 fully saturated rings. The molecule has 0 amide bonds. The number of thiophene rings is 1. The minimum atomic E-state index is -0.908. The summed E-state index contributed by atoms with van der Waals surface area (Å²) >= 11 is 13.5. The van der Waals surface area contributed by atoms with E-state index < -0.39 is 12.1 Å². The fraction of sp³-hybridized carbons (Fsp3) is 0.200. The topological polar surface area (TPSA) is 43.4 Å². The van der Waals surface area contributed by atoms with Crippen molar-refractivity contribution in [3.8, 4) is 0 Å². The minimum absolute atomic E-state index is 0.248. The van der Waals surface area contributed by atoms with Crippen LogP contribution in [0.15, 0.2) is 36.4 Å². The first-order valence-corrected chi connectivity index (χ1v) is 9.55. The molecular formula is C20H16Cl2O3S. The number of ether oxygens (including phenoxy) is 1. The molecule has 1 atom stereocenters. The maximum atomic E-state index is 12.6. The Morgan fingerprint density at radius 2 is 1.77 bits per heavy atom. The molecular weight excluding hydrogens is 391 g/mol. The predicted molar refractivity (Wildman–Crippen MR) is 107 cm³/mol. The molecule has 1 heterocycles. The summed E-state index contributed by atoms with van der Waals surface area (Å²) in [4.78, 5) is 25.3. The Balaban J connectivity index is 1.81. The summed E-state index contributed by atoms with van der Waals surface area (Å²) in [5.41, 5.74) is 2.63. The monoisotopic (exact) mass is 406 g/mol. The lowest BCUT2D eigenvalue weighted by Crippen LogP contribution is -2.24. The van der Waals surface area contributed by atoms with Crippen LogP contribution in [-0.2, 0) is 4.74 Å². The Labute approximate surface area is 165 Å². The summed E-state index contributed by atoms with van der Waals surface area (Å²) in [6.07, 6.45) is -0.908. The summed E-state index contributed by atoms with van der Waals surface area (Å²) in [7, 11) is 0. The van der Waals surface area contributed by atoms with Crippen molar-refractivity contribution in [1.29, 1.82) is 0 Å². The maximum Gasteiger partial charge on any atom is 0.350 e. The molecule has 0 saturated carbocycles. The van der Waals surface area contributed by atoms with Gasteiger partial charge in [-0.2, -0.15) is 0 Å². The molecule has 3 aromatic rings. The molecule has 1 aromatic heterocycles. The van der Waals surface area contributed by atoms with E-state index in [1.165, 1.54) is 11.3 Å².